The average Bonchev–Trinajstić information content (AvgIpc) is 3.38. The topological polar surface area (TPSA) is 122 Å². The second-order valence-corrected chi connectivity index (χ2v) is 7.15. The molecule has 2 aromatic heterocycles. The predicted molar refractivity (Wildman–Crippen MR) is 113 cm³/mol. The molecule has 146 valence electrons. The van der Waals surface area contributed by atoms with Crippen LogP contribution in [0.25, 0.3) is 27.6 Å². The van der Waals surface area contributed by atoms with Crippen molar-refractivity contribution in [2.75, 3.05) is 5.32 Å². The van der Waals surface area contributed by atoms with Gasteiger partial charge in [0, 0.05) is 23.8 Å². The Kier molecular flexibility index (Phi) is 5.07. The average molecular weight is 416 g/mol. The van der Waals surface area contributed by atoms with E-state index in [9.17, 15) is 20.2 Å². The quantitative estimate of drug-likeness (QED) is 0.211. The number of hydrogen-bond donors (Lipinski definition) is 1. The first-order chi connectivity index (χ1) is 14.5. The van der Waals surface area contributed by atoms with Gasteiger partial charge >= 0.3 is 0 Å². The highest BCUT2D eigenvalue weighted by molar-refractivity contribution is 7.22. The molecule has 4 aromatic rings. The van der Waals surface area contributed by atoms with Gasteiger partial charge in [-0.15, -0.1) is 0 Å². The maximum atomic E-state index is 12.5. The first-order valence-corrected chi connectivity index (χ1v) is 9.48. The predicted octanol–water partition coefficient (Wildman–Crippen LogP) is 5.01. The van der Waals surface area contributed by atoms with Gasteiger partial charge in [-0.05, 0) is 24.3 Å². The van der Waals surface area contributed by atoms with E-state index >= 15 is 0 Å². The van der Waals surface area contributed by atoms with Gasteiger partial charge in [0.2, 0.25) is 0 Å². The van der Waals surface area contributed by atoms with Crippen molar-refractivity contribution >= 4 is 44.4 Å². The molecule has 0 radical (unpaired) electrons. The van der Waals surface area contributed by atoms with Crippen LogP contribution in [0.3, 0.4) is 0 Å². The fourth-order valence-corrected chi connectivity index (χ4v) is 3.60. The number of benzene rings is 2. The van der Waals surface area contributed by atoms with E-state index in [1.165, 1.54) is 29.5 Å². The summed E-state index contributed by atoms with van der Waals surface area (Å²) in [6, 6.07) is 18.5. The van der Waals surface area contributed by atoms with E-state index in [1.807, 2.05) is 30.3 Å². The third kappa shape index (κ3) is 3.94. The Labute approximate surface area is 173 Å². The molecule has 0 bridgehead atoms. The number of nitro groups is 1. The number of fused-ring (bicyclic) bond motifs is 1. The van der Waals surface area contributed by atoms with E-state index in [-0.39, 0.29) is 17.0 Å². The van der Waals surface area contributed by atoms with E-state index in [0.29, 0.717) is 16.5 Å². The number of hydrogen-bond acceptors (Lipinski definition) is 7. The van der Waals surface area contributed by atoms with Crippen molar-refractivity contribution in [2.24, 2.45) is 0 Å². The lowest BCUT2D eigenvalue weighted by molar-refractivity contribution is -0.384. The molecule has 1 N–H and O–H groups in total. The molecule has 0 saturated heterocycles. The first kappa shape index (κ1) is 19.0. The summed E-state index contributed by atoms with van der Waals surface area (Å²) in [6.45, 7) is 0. The van der Waals surface area contributed by atoms with Crippen molar-refractivity contribution in [3.63, 3.8) is 0 Å². The Morgan fingerprint density at radius 3 is 2.80 bits per heavy atom. The van der Waals surface area contributed by atoms with Crippen molar-refractivity contribution < 1.29 is 14.1 Å². The highest BCUT2D eigenvalue weighted by Crippen LogP contribution is 2.28. The molecular weight excluding hydrogens is 404 g/mol. The third-order valence-electron chi connectivity index (χ3n) is 4.13. The Morgan fingerprint density at radius 1 is 1.20 bits per heavy atom. The van der Waals surface area contributed by atoms with Gasteiger partial charge in [-0.3, -0.25) is 20.2 Å². The molecule has 0 fully saturated rings. The molecule has 0 aliphatic rings. The molecule has 0 aliphatic carbocycles. The fourth-order valence-electron chi connectivity index (χ4n) is 2.74. The van der Waals surface area contributed by atoms with E-state index in [0.717, 1.165) is 10.2 Å². The standard InChI is InChI=1S/C21H12N4O4S/c22-12-14(20(26)24-21-23-17-6-1-2-7-19(17)30-21)11-16-8-9-18(29-16)13-4-3-5-15(10-13)25(27)28/h1-11H,(H,23,24,26). The van der Waals surface area contributed by atoms with Crippen molar-refractivity contribution in [2.45, 2.75) is 0 Å². The maximum Gasteiger partial charge on any atom is 0.270 e. The van der Waals surface area contributed by atoms with Crippen LogP contribution < -0.4 is 5.32 Å². The van der Waals surface area contributed by atoms with Crippen LogP contribution in [0.2, 0.25) is 0 Å². The molecule has 0 aliphatic heterocycles. The van der Waals surface area contributed by atoms with Gasteiger partial charge in [0.1, 0.15) is 23.2 Å². The van der Waals surface area contributed by atoms with Crippen molar-refractivity contribution in [3.05, 3.63) is 82.1 Å². The molecule has 30 heavy (non-hydrogen) atoms. The minimum Gasteiger partial charge on any atom is -0.457 e. The molecule has 0 atom stereocenters. The van der Waals surface area contributed by atoms with Crippen LogP contribution in [0.5, 0.6) is 0 Å². The van der Waals surface area contributed by atoms with E-state index < -0.39 is 10.8 Å². The molecular formula is C21H12N4O4S. The van der Waals surface area contributed by atoms with Gasteiger partial charge in [0.25, 0.3) is 11.6 Å². The highest BCUT2D eigenvalue weighted by Gasteiger charge is 2.14. The summed E-state index contributed by atoms with van der Waals surface area (Å²) in [5, 5.41) is 23.3. The number of aromatic nitrogens is 1. The number of nitrogens with one attached hydrogen (secondary N) is 1. The van der Waals surface area contributed by atoms with Gasteiger partial charge < -0.3 is 4.42 Å². The maximum absolute atomic E-state index is 12.5. The number of carbonyl (C=O) groups is 1. The number of nitrogens with zero attached hydrogens (tertiary/aromatic N) is 3. The van der Waals surface area contributed by atoms with Gasteiger partial charge in [0.15, 0.2) is 5.13 Å². The van der Waals surface area contributed by atoms with E-state index in [4.69, 9.17) is 4.42 Å². The number of non-ortho nitro benzene ring substituents is 1. The lowest BCUT2D eigenvalue weighted by Crippen LogP contribution is -2.13. The first-order valence-electron chi connectivity index (χ1n) is 8.67. The number of thiazole rings is 1. The highest BCUT2D eigenvalue weighted by atomic mass is 32.1. The fraction of sp³-hybridized carbons (Fsp3) is 0. The molecule has 2 heterocycles. The van der Waals surface area contributed by atoms with Crippen molar-refractivity contribution in [1.82, 2.24) is 4.98 Å². The monoisotopic (exact) mass is 416 g/mol. The molecule has 0 saturated carbocycles. The number of carbonyl (C=O) groups excluding carboxylic acids is 1. The lowest BCUT2D eigenvalue weighted by Gasteiger charge is -1.99. The number of furan rings is 1. The van der Waals surface area contributed by atoms with Crippen molar-refractivity contribution in [3.8, 4) is 17.4 Å². The second kappa shape index (κ2) is 7.98. The zero-order chi connectivity index (χ0) is 21.1. The normalized spacial score (nSPS) is 11.2. The van der Waals surface area contributed by atoms with Crippen LogP contribution in [-0.4, -0.2) is 15.8 Å². The molecule has 0 spiro atoms. The third-order valence-corrected chi connectivity index (χ3v) is 5.09. The summed E-state index contributed by atoms with van der Waals surface area (Å²) < 4.78 is 6.56. The Hall–Kier alpha value is -4.29. The number of nitro benzene ring substituents is 1. The summed E-state index contributed by atoms with van der Waals surface area (Å²) in [6.07, 6.45) is 1.31. The van der Waals surface area contributed by atoms with Gasteiger partial charge in [-0.1, -0.05) is 35.6 Å². The minimum atomic E-state index is -0.607. The molecule has 4 rings (SSSR count). The van der Waals surface area contributed by atoms with E-state index in [2.05, 4.69) is 10.3 Å². The summed E-state index contributed by atoms with van der Waals surface area (Å²) in [4.78, 5) is 27.2. The molecule has 8 nitrogen and oxygen atoms in total. The van der Waals surface area contributed by atoms with Crippen molar-refractivity contribution in [1.29, 1.82) is 5.26 Å². The van der Waals surface area contributed by atoms with Gasteiger partial charge in [-0.2, -0.15) is 5.26 Å². The summed E-state index contributed by atoms with van der Waals surface area (Å²) in [5.74, 6) is 0.0474. The summed E-state index contributed by atoms with van der Waals surface area (Å²) in [5.41, 5.74) is 1.05. The Balaban J connectivity index is 1.55. The van der Waals surface area contributed by atoms with Gasteiger partial charge in [-0.25, -0.2) is 4.98 Å². The number of amides is 1. The molecule has 1 amide bonds. The SMILES string of the molecule is N#CC(=Cc1ccc(-c2cccc([N+](=O)[O-])c2)o1)C(=O)Nc1nc2ccccc2s1. The lowest BCUT2D eigenvalue weighted by atomic mass is 10.1. The second-order valence-electron chi connectivity index (χ2n) is 6.12. The largest absolute Gasteiger partial charge is 0.457 e. The zero-order valence-corrected chi connectivity index (χ0v) is 16.1. The van der Waals surface area contributed by atoms with Crippen LogP contribution in [0.15, 0.2) is 70.7 Å². The number of rotatable bonds is 5. The Morgan fingerprint density at radius 2 is 2.03 bits per heavy atom. The Bertz CT molecular complexity index is 1310. The number of anilines is 1. The van der Waals surface area contributed by atoms with E-state index in [1.54, 1.807) is 24.3 Å². The number of nitriles is 1. The summed E-state index contributed by atoms with van der Waals surface area (Å²) >= 11 is 1.31. The molecule has 2 aromatic carbocycles. The minimum absolute atomic E-state index is 0.0612. The van der Waals surface area contributed by atoms with Crippen LogP contribution in [-0.2, 0) is 4.79 Å². The van der Waals surface area contributed by atoms with Crippen LogP contribution in [0, 0.1) is 21.4 Å². The zero-order valence-electron chi connectivity index (χ0n) is 15.2. The van der Waals surface area contributed by atoms with Crippen LogP contribution >= 0.6 is 11.3 Å². The summed E-state index contributed by atoms with van der Waals surface area (Å²) in [7, 11) is 0. The smallest absolute Gasteiger partial charge is 0.270 e. The van der Waals surface area contributed by atoms with Gasteiger partial charge in [0.05, 0.1) is 15.1 Å². The van der Waals surface area contributed by atoms with Crippen LogP contribution in [0.1, 0.15) is 5.76 Å². The number of para-hydroxylation sites is 1. The molecule has 9 heteroatoms. The van der Waals surface area contributed by atoms with Crippen LogP contribution in [0.4, 0.5) is 10.8 Å². The molecule has 0 unspecified atom stereocenters.